The van der Waals surface area contributed by atoms with Gasteiger partial charge in [0.1, 0.15) is 11.8 Å². The average Bonchev–Trinajstić information content (AvgIpc) is 2.86. The summed E-state index contributed by atoms with van der Waals surface area (Å²) in [5.41, 5.74) is 2.00. The van der Waals surface area contributed by atoms with E-state index in [9.17, 15) is 14.4 Å². The lowest BCUT2D eigenvalue weighted by Crippen LogP contribution is -2.53. The zero-order chi connectivity index (χ0) is 25.6. The second-order valence-corrected chi connectivity index (χ2v) is 10.6. The molecule has 0 bridgehead atoms. The topological polar surface area (TPSA) is 76.0 Å². The van der Waals surface area contributed by atoms with Gasteiger partial charge in [0.15, 0.2) is 0 Å². The number of quaternary nitrogens is 1. The van der Waals surface area contributed by atoms with Crippen molar-refractivity contribution < 1.29 is 28.1 Å². The van der Waals surface area contributed by atoms with E-state index in [1.54, 1.807) is 0 Å². The van der Waals surface area contributed by atoms with Crippen LogP contribution >= 0.6 is 7.82 Å². The Morgan fingerprint density at radius 3 is 2.11 bits per heavy atom. The molecule has 2 atom stereocenters. The Hall–Kier alpha value is -2.99. The number of benzene rings is 4. The normalized spacial score (nSPS) is 13.9. The smallest absolute Gasteiger partial charge is 0.474 e. The minimum atomic E-state index is -4.73. The fourth-order valence-electron chi connectivity index (χ4n) is 4.73. The van der Waals surface area contributed by atoms with E-state index >= 15 is 0 Å². The van der Waals surface area contributed by atoms with Gasteiger partial charge >= 0.3 is 7.82 Å². The van der Waals surface area contributed by atoms with Crippen molar-refractivity contribution in [1.82, 2.24) is 0 Å². The Labute approximate surface area is 212 Å². The number of phosphoric ester groups is 1. The van der Waals surface area contributed by atoms with Crippen molar-refractivity contribution in [3.05, 3.63) is 114 Å². The third kappa shape index (κ3) is 6.61. The Kier molecular flexibility index (Phi) is 8.24. The summed E-state index contributed by atoms with van der Waals surface area (Å²) in [4.78, 5) is 19.5. The molecule has 2 unspecified atom stereocenters. The summed E-state index contributed by atoms with van der Waals surface area (Å²) in [5, 5.41) is 2.17. The van der Waals surface area contributed by atoms with E-state index < -0.39 is 14.1 Å². The molecule has 0 amide bonds. The summed E-state index contributed by atoms with van der Waals surface area (Å²) in [6, 6.07) is 33.6. The standard InChI is InChI=1S/C29H32NO5P/c1-30(2,29(35-36(31,32)33)22-23-12-5-3-6-13-23)27(25-15-7-4-8-16-25)20-21-34-28-19-11-17-24-14-9-10-18-26(24)28/h3-19,27,29H,20-22H2,1-2H3,(H-,31,32,33)/p+1. The van der Waals surface area contributed by atoms with Gasteiger partial charge in [-0.05, 0) is 17.0 Å². The number of nitrogens with zero attached hydrogens (tertiary/aromatic N) is 1. The van der Waals surface area contributed by atoms with Gasteiger partial charge in [0, 0.05) is 17.4 Å². The molecule has 0 aliphatic heterocycles. The van der Waals surface area contributed by atoms with Crippen molar-refractivity contribution in [2.45, 2.75) is 25.1 Å². The van der Waals surface area contributed by atoms with Crippen molar-refractivity contribution in [1.29, 1.82) is 0 Å². The molecule has 2 N–H and O–H groups in total. The van der Waals surface area contributed by atoms with Gasteiger partial charge in [-0.2, -0.15) is 0 Å². The monoisotopic (exact) mass is 506 g/mol. The van der Waals surface area contributed by atoms with Crippen LogP contribution in [0.1, 0.15) is 23.6 Å². The first-order chi connectivity index (χ1) is 17.2. The number of ether oxygens (including phenoxy) is 1. The van der Waals surface area contributed by atoms with Gasteiger partial charge in [-0.1, -0.05) is 97.1 Å². The molecule has 0 aliphatic rings. The molecule has 7 heteroatoms. The van der Waals surface area contributed by atoms with E-state index in [2.05, 4.69) is 12.1 Å². The molecule has 36 heavy (non-hydrogen) atoms. The molecular weight excluding hydrogens is 473 g/mol. The largest absolute Gasteiger partial charge is 0.493 e. The van der Waals surface area contributed by atoms with Crippen LogP contribution in [0.25, 0.3) is 10.8 Å². The first kappa shape index (κ1) is 26.1. The van der Waals surface area contributed by atoms with Crippen LogP contribution in [0.4, 0.5) is 0 Å². The van der Waals surface area contributed by atoms with Crippen molar-refractivity contribution in [3.63, 3.8) is 0 Å². The van der Waals surface area contributed by atoms with Crippen molar-refractivity contribution in [3.8, 4) is 5.75 Å². The van der Waals surface area contributed by atoms with E-state index in [4.69, 9.17) is 9.26 Å². The fraction of sp³-hybridized carbons (Fsp3) is 0.241. The number of hydrogen-bond acceptors (Lipinski definition) is 3. The molecule has 0 aromatic heterocycles. The predicted octanol–water partition coefficient (Wildman–Crippen LogP) is 6.10. The lowest BCUT2D eigenvalue weighted by molar-refractivity contribution is -0.962. The van der Waals surface area contributed by atoms with Gasteiger partial charge in [-0.15, -0.1) is 0 Å². The summed E-state index contributed by atoms with van der Waals surface area (Å²) in [7, 11) is -0.820. The molecule has 0 fully saturated rings. The lowest BCUT2D eigenvalue weighted by atomic mass is 9.98. The highest BCUT2D eigenvalue weighted by Crippen LogP contribution is 2.43. The van der Waals surface area contributed by atoms with E-state index in [-0.39, 0.29) is 10.5 Å². The third-order valence-electron chi connectivity index (χ3n) is 6.64. The molecule has 4 rings (SSSR count). The summed E-state index contributed by atoms with van der Waals surface area (Å²) in [6.07, 6.45) is 0.193. The Morgan fingerprint density at radius 2 is 1.42 bits per heavy atom. The van der Waals surface area contributed by atoms with Crippen molar-refractivity contribution in [2.24, 2.45) is 0 Å². The van der Waals surface area contributed by atoms with Crippen LogP contribution in [0.5, 0.6) is 5.75 Å². The Morgan fingerprint density at radius 1 is 0.806 bits per heavy atom. The molecule has 6 nitrogen and oxygen atoms in total. The van der Waals surface area contributed by atoms with Gasteiger partial charge in [0.05, 0.1) is 27.1 Å². The quantitative estimate of drug-likeness (QED) is 0.146. The van der Waals surface area contributed by atoms with Crippen LogP contribution in [0.3, 0.4) is 0 Å². The molecule has 0 radical (unpaired) electrons. The fourth-order valence-corrected chi connectivity index (χ4v) is 5.36. The van der Waals surface area contributed by atoms with E-state index in [1.165, 1.54) is 0 Å². The summed E-state index contributed by atoms with van der Waals surface area (Å²) >= 11 is 0. The minimum absolute atomic E-state index is 0.138. The first-order valence-corrected chi connectivity index (χ1v) is 13.5. The van der Waals surface area contributed by atoms with Gasteiger partial charge in [-0.25, -0.2) is 9.09 Å². The first-order valence-electron chi connectivity index (χ1n) is 12.0. The maximum atomic E-state index is 12.0. The summed E-state index contributed by atoms with van der Waals surface area (Å²) in [5.74, 6) is 0.817. The molecule has 0 saturated heterocycles. The van der Waals surface area contributed by atoms with Crippen LogP contribution in [0.15, 0.2) is 103 Å². The molecule has 0 spiro atoms. The molecule has 0 aliphatic carbocycles. The zero-order valence-electron chi connectivity index (χ0n) is 20.6. The molecular formula is C29H33NO5P+. The SMILES string of the molecule is C[N+](C)(C(Cc1ccccc1)OP(=O)(O)O)C(CCOc1cccc2ccccc12)c1ccccc1. The molecule has 188 valence electrons. The Balaban J connectivity index is 1.61. The van der Waals surface area contributed by atoms with Gasteiger partial charge in [-0.3, -0.25) is 4.48 Å². The zero-order valence-corrected chi connectivity index (χ0v) is 21.5. The third-order valence-corrected chi connectivity index (χ3v) is 7.16. The maximum Gasteiger partial charge on any atom is 0.474 e. The van der Waals surface area contributed by atoms with Crippen LogP contribution < -0.4 is 4.74 Å². The number of fused-ring (bicyclic) bond motifs is 1. The molecule has 0 saturated carbocycles. The van der Waals surface area contributed by atoms with Gasteiger partial charge < -0.3 is 14.5 Å². The summed E-state index contributed by atoms with van der Waals surface area (Å²) in [6.45, 7) is 0.434. The average molecular weight is 507 g/mol. The van der Waals surface area contributed by atoms with Crippen molar-refractivity contribution >= 4 is 18.6 Å². The van der Waals surface area contributed by atoms with E-state index in [0.717, 1.165) is 27.6 Å². The molecule has 4 aromatic carbocycles. The molecule has 0 heterocycles. The van der Waals surface area contributed by atoms with E-state index in [1.807, 2.05) is 105 Å². The predicted molar refractivity (Wildman–Crippen MR) is 142 cm³/mol. The van der Waals surface area contributed by atoms with Gasteiger partial charge in [0.2, 0.25) is 6.23 Å². The van der Waals surface area contributed by atoms with Gasteiger partial charge in [0.25, 0.3) is 0 Å². The number of hydrogen-bond donors (Lipinski definition) is 2. The second kappa shape index (κ2) is 11.4. The highest BCUT2D eigenvalue weighted by atomic mass is 31.2. The van der Waals surface area contributed by atoms with E-state index in [0.29, 0.717) is 19.4 Å². The highest BCUT2D eigenvalue weighted by molar-refractivity contribution is 7.46. The van der Waals surface area contributed by atoms with Crippen LogP contribution in [0, 0.1) is 0 Å². The molecule has 4 aromatic rings. The number of likely N-dealkylation sites (N-methyl/N-ethyl adjacent to an activating group) is 1. The lowest BCUT2D eigenvalue weighted by Gasteiger charge is -2.43. The highest BCUT2D eigenvalue weighted by Gasteiger charge is 2.41. The number of rotatable bonds is 11. The van der Waals surface area contributed by atoms with Crippen LogP contribution in [-0.4, -0.2) is 41.2 Å². The maximum absolute atomic E-state index is 12.0. The van der Waals surface area contributed by atoms with Crippen molar-refractivity contribution in [2.75, 3.05) is 20.7 Å². The Bertz CT molecular complexity index is 1300. The summed E-state index contributed by atoms with van der Waals surface area (Å²) < 4.78 is 23.9. The minimum Gasteiger partial charge on any atom is -0.493 e. The van der Waals surface area contributed by atoms with Crippen LogP contribution in [0.2, 0.25) is 0 Å². The second-order valence-electron chi connectivity index (χ2n) is 9.41. The van der Waals surface area contributed by atoms with Crippen LogP contribution in [-0.2, 0) is 15.5 Å². The number of phosphoric acid groups is 1.